The van der Waals surface area contributed by atoms with E-state index in [0.29, 0.717) is 261 Å². The molecule has 0 aromatic heterocycles. The smallest absolute Gasteiger partial charge is 0.254 e. The Kier molecular flexibility index (Phi) is 55.5. The number of aldehydes is 1. The van der Waals surface area contributed by atoms with E-state index in [0.717, 1.165) is 19.1 Å². The monoisotopic (exact) mass is 1220 g/mol. The minimum Gasteiger partial charge on any atom is -0.379 e. The first-order valence-electron chi connectivity index (χ1n) is 30.8. The van der Waals surface area contributed by atoms with Crippen molar-refractivity contribution in [3.8, 4) is 0 Å². The van der Waals surface area contributed by atoms with Crippen LogP contribution in [0.5, 0.6) is 0 Å². The Morgan fingerprint density at radius 1 is 0.353 bits per heavy atom. The van der Waals surface area contributed by atoms with Gasteiger partial charge in [0.25, 0.3) is 5.91 Å². The molecule has 0 spiro atoms. The second-order valence-electron chi connectivity index (χ2n) is 19.6. The molecule has 0 aliphatic carbocycles. The van der Waals surface area contributed by atoms with E-state index in [2.05, 4.69) is 0 Å². The van der Waals surface area contributed by atoms with Gasteiger partial charge in [0.1, 0.15) is 23.6 Å². The van der Waals surface area contributed by atoms with E-state index >= 15 is 0 Å². The lowest BCUT2D eigenvalue weighted by atomic mass is 9.92. The van der Waals surface area contributed by atoms with Gasteiger partial charge in [-0.15, -0.1) is 0 Å². The minimum atomic E-state index is -0.204. The van der Waals surface area contributed by atoms with Crippen molar-refractivity contribution < 1.29 is 105 Å². The number of carbonyl (C=O) groups is 6. The number of benzene rings is 1. The fraction of sp³-hybridized carbons (Fsp3) is 0.806. The molecule has 1 aromatic carbocycles. The van der Waals surface area contributed by atoms with Gasteiger partial charge >= 0.3 is 0 Å². The molecule has 1 amide bonds. The van der Waals surface area contributed by atoms with Crippen molar-refractivity contribution in [1.29, 1.82) is 0 Å². The van der Waals surface area contributed by atoms with E-state index in [1.165, 1.54) is 6.92 Å². The SMILES string of the molecule is CCC(C=O)CC(=O)CCOCCOCCOCCOCCOCCOCCOCCOCCN(CCOCCOCCOCCOCCOCCOCCOCCOCCC(=O)CC(CC)C(C)=O)C(=O)c1ccc(C(=O)C(CC)CC)cc1. The fourth-order valence-corrected chi connectivity index (χ4v) is 7.81. The number of amides is 1. The maximum atomic E-state index is 13.7. The molecule has 0 fully saturated rings. The number of ether oxygens (including phenoxy) is 16. The third kappa shape index (κ3) is 47.1. The van der Waals surface area contributed by atoms with Gasteiger partial charge in [0.2, 0.25) is 0 Å². The highest BCUT2D eigenvalue weighted by atomic mass is 16.6. The summed E-state index contributed by atoms with van der Waals surface area (Å²) in [7, 11) is 0. The van der Waals surface area contributed by atoms with Crippen LogP contribution in [0, 0.1) is 17.8 Å². The Morgan fingerprint density at radius 3 is 0.871 bits per heavy atom. The molecule has 492 valence electrons. The van der Waals surface area contributed by atoms with E-state index in [-0.39, 0.29) is 59.6 Å². The van der Waals surface area contributed by atoms with Crippen LogP contribution in [0.1, 0.15) is 107 Å². The predicted octanol–water partition coefficient (Wildman–Crippen LogP) is 5.55. The van der Waals surface area contributed by atoms with Crippen LogP contribution in [0.3, 0.4) is 0 Å². The minimum absolute atomic E-state index is 0.0355. The maximum Gasteiger partial charge on any atom is 0.254 e. The normalized spacial score (nSPS) is 12.3. The third-order valence-corrected chi connectivity index (χ3v) is 13.1. The Hall–Kier alpha value is -3.60. The molecule has 0 heterocycles. The van der Waals surface area contributed by atoms with E-state index in [1.807, 2.05) is 27.7 Å². The van der Waals surface area contributed by atoms with Crippen LogP contribution < -0.4 is 0 Å². The Labute approximate surface area is 506 Å². The summed E-state index contributed by atoms with van der Waals surface area (Å²) >= 11 is 0. The van der Waals surface area contributed by atoms with E-state index in [4.69, 9.17) is 75.8 Å². The molecule has 0 aliphatic heterocycles. The van der Waals surface area contributed by atoms with E-state index in [9.17, 15) is 28.8 Å². The van der Waals surface area contributed by atoms with Crippen LogP contribution in [0.4, 0.5) is 0 Å². The highest BCUT2D eigenvalue weighted by Gasteiger charge is 2.20. The molecule has 2 unspecified atom stereocenters. The van der Waals surface area contributed by atoms with Crippen molar-refractivity contribution in [2.45, 2.75) is 86.0 Å². The number of hydrogen-bond donors (Lipinski definition) is 0. The predicted molar refractivity (Wildman–Crippen MR) is 317 cm³/mol. The lowest BCUT2D eigenvalue weighted by Gasteiger charge is -2.23. The zero-order chi connectivity index (χ0) is 61.9. The largest absolute Gasteiger partial charge is 0.379 e. The molecule has 0 saturated heterocycles. The second-order valence-corrected chi connectivity index (χ2v) is 19.6. The van der Waals surface area contributed by atoms with E-state index < -0.39 is 0 Å². The summed E-state index contributed by atoms with van der Waals surface area (Å²) < 4.78 is 89.0. The van der Waals surface area contributed by atoms with Gasteiger partial charge in [0, 0.05) is 67.7 Å². The molecule has 0 aliphatic rings. The quantitative estimate of drug-likeness (QED) is 0.0440. The van der Waals surface area contributed by atoms with Crippen LogP contribution >= 0.6 is 0 Å². The standard InChI is InChI=1S/C62H107NO22/c1-6-54(52-64)50-59(66)14-18-70-22-26-74-30-34-78-38-42-82-46-48-84-44-40-80-36-32-76-28-24-72-20-16-63(62(69)58-12-10-57(11-13-58)61(68)55(7-2)8-3)17-21-73-25-29-77-33-37-81-41-45-85-49-47-83-43-39-79-35-31-75-27-23-71-19-15-60(67)51-56(9-4)53(5)65/h10-13,52,54-56H,6-9,14-51H2,1-5H3. The maximum absolute atomic E-state index is 13.7. The Balaban J connectivity index is 2.09. The van der Waals surface area contributed by atoms with Crippen molar-refractivity contribution >= 4 is 35.3 Å². The molecule has 0 saturated carbocycles. The van der Waals surface area contributed by atoms with Gasteiger partial charge in [0.05, 0.1) is 211 Å². The van der Waals surface area contributed by atoms with Crippen LogP contribution in [0.25, 0.3) is 0 Å². The van der Waals surface area contributed by atoms with Crippen LogP contribution in [-0.2, 0) is 95.0 Å². The zero-order valence-electron chi connectivity index (χ0n) is 52.2. The summed E-state index contributed by atoms with van der Waals surface area (Å²) in [5.74, 6) is -0.416. The van der Waals surface area contributed by atoms with Crippen LogP contribution in [0.2, 0.25) is 0 Å². The fourth-order valence-electron chi connectivity index (χ4n) is 7.81. The molecule has 1 aromatic rings. The highest BCUT2D eigenvalue weighted by Crippen LogP contribution is 2.17. The highest BCUT2D eigenvalue weighted by molar-refractivity contribution is 6.00. The zero-order valence-corrected chi connectivity index (χ0v) is 52.2. The summed E-state index contributed by atoms with van der Waals surface area (Å²) in [5.41, 5.74) is 1.07. The van der Waals surface area contributed by atoms with Gasteiger partial charge in [0.15, 0.2) is 5.78 Å². The molecule has 0 N–H and O–H groups in total. The molecule has 1 rings (SSSR count). The summed E-state index contributed by atoms with van der Waals surface area (Å²) in [6.07, 6.45) is 4.86. The van der Waals surface area contributed by atoms with Crippen LogP contribution in [-0.4, -0.2) is 265 Å². The number of nitrogens with zero attached hydrogens (tertiary/aromatic N) is 1. The van der Waals surface area contributed by atoms with Crippen molar-refractivity contribution in [2.24, 2.45) is 17.8 Å². The van der Waals surface area contributed by atoms with Gasteiger partial charge in [-0.05, 0) is 44.7 Å². The lowest BCUT2D eigenvalue weighted by molar-refractivity contribution is -0.127. The van der Waals surface area contributed by atoms with Crippen molar-refractivity contribution in [2.75, 3.05) is 225 Å². The third-order valence-electron chi connectivity index (χ3n) is 13.1. The number of hydrogen-bond acceptors (Lipinski definition) is 22. The average molecular weight is 1220 g/mol. The van der Waals surface area contributed by atoms with Gasteiger partial charge in [-0.2, -0.15) is 0 Å². The summed E-state index contributed by atoms with van der Waals surface area (Å²) in [6, 6.07) is 6.86. The molecule has 23 heteroatoms. The summed E-state index contributed by atoms with van der Waals surface area (Å²) in [4.78, 5) is 74.4. The first kappa shape index (κ1) is 79.4. The van der Waals surface area contributed by atoms with Crippen molar-refractivity contribution in [3.63, 3.8) is 0 Å². The average Bonchev–Trinajstić information content (AvgIpc) is 3.62. The Morgan fingerprint density at radius 2 is 0.612 bits per heavy atom. The van der Waals surface area contributed by atoms with Gasteiger partial charge in [-0.3, -0.25) is 24.0 Å². The number of carbonyl (C=O) groups excluding carboxylic acids is 6. The second kappa shape index (κ2) is 59.4. The van der Waals surface area contributed by atoms with Crippen molar-refractivity contribution in [1.82, 2.24) is 4.90 Å². The molecule has 2 atom stereocenters. The first-order valence-corrected chi connectivity index (χ1v) is 30.8. The number of rotatable bonds is 67. The molecule has 85 heavy (non-hydrogen) atoms. The molecular formula is C62H107NO22. The molecule has 23 nitrogen and oxygen atoms in total. The Bertz CT molecular complexity index is 1760. The first-order chi connectivity index (χ1) is 41.6. The number of ketones is 4. The van der Waals surface area contributed by atoms with Crippen LogP contribution in [0.15, 0.2) is 24.3 Å². The molecule has 0 radical (unpaired) electrons. The molecular weight excluding hydrogens is 1110 g/mol. The lowest BCUT2D eigenvalue weighted by Crippen LogP contribution is -2.37. The van der Waals surface area contributed by atoms with Gasteiger partial charge in [-0.25, -0.2) is 0 Å². The summed E-state index contributed by atoms with van der Waals surface area (Å²) in [6.45, 7) is 22.8. The van der Waals surface area contributed by atoms with Crippen molar-refractivity contribution in [3.05, 3.63) is 35.4 Å². The number of Topliss-reactive ketones (excluding diaryl/α,β-unsaturated/α-hetero) is 4. The topological polar surface area (TPSA) is 253 Å². The molecule has 0 bridgehead atoms. The summed E-state index contributed by atoms with van der Waals surface area (Å²) in [5, 5.41) is 0. The van der Waals surface area contributed by atoms with E-state index in [1.54, 1.807) is 29.2 Å². The van der Waals surface area contributed by atoms with Gasteiger partial charge in [-0.1, -0.05) is 39.8 Å². The van der Waals surface area contributed by atoms with Gasteiger partial charge < -0.3 is 85.5 Å².